The van der Waals surface area contributed by atoms with E-state index in [1.54, 1.807) is 0 Å². The van der Waals surface area contributed by atoms with Crippen LogP contribution < -0.4 is 5.32 Å². The second kappa shape index (κ2) is 11.2. The highest BCUT2D eigenvalue weighted by Crippen LogP contribution is 2.04. The lowest BCUT2D eigenvalue weighted by Gasteiger charge is -2.25. The average molecular weight is 274 g/mol. The molecule has 0 rings (SSSR count). The van der Waals surface area contributed by atoms with E-state index < -0.39 is 31.0 Å². The number of aliphatic hydroxyl groups is 5. The van der Waals surface area contributed by atoms with E-state index in [4.69, 9.17) is 10.2 Å². The van der Waals surface area contributed by atoms with Gasteiger partial charge < -0.3 is 30.8 Å². The standard InChI is InChI=1S/C10H23NO5.ClH/c1-2-3-4-11-5-7(13)9(15)10(16)8(14)6-12;/h7-16H,2-6H2,1H3;1H/t7-,8+,9+,10+;/m0./s1. The van der Waals surface area contributed by atoms with Crippen LogP contribution in [0.25, 0.3) is 0 Å². The van der Waals surface area contributed by atoms with Crippen molar-refractivity contribution in [1.29, 1.82) is 0 Å². The fourth-order valence-corrected chi connectivity index (χ4v) is 1.24. The van der Waals surface area contributed by atoms with Crippen LogP contribution in [0.2, 0.25) is 0 Å². The molecule has 0 bridgehead atoms. The Kier molecular flexibility index (Phi) is 12.7. The molecule has 0 saturated heterocycles. The molecule has 0 spiro atoms. The Balaban J connectivity index is 0. The summed E-state index contributed by atoms with van der Waals surface area (Å²) in [4.78, 5) is 0. The molecule has 0 heterocycles. The van der Waals surface area contributed by atoms with Gasteiger partial charge >= 0.3 is 0 Å². The zero-order valence-electron chi connectivity index (χ0n) is 9.99. The number of nitrogens with one attached hydrogen (secondary N) is 1. The predicted molar refractivity (Wildman–Crippen MR) is 66.1 cm³/mol. The molecule has 0 aromatic rings. The van der Waals surface area contributed by atoms with Crippen LogP contribution in [-0.4, -0.2) is 69.6 Å². The molecule has 0 aliphatic carbocycles. The second-order valence-corrected chi connectivity index (χ2v) is 3.86. The number of halogens is 1. The van der Waals surface area contributed by atoms with Gasteiger partial charge in [0.1, 0.15) is 18.3 Å². The Morgan fingerprint density at radius 3 is 2.00 bits per heavy atom. The SMILES string of the molecule is CCCCNC[C@H](O)[C@@H](O)[C@H](O)[C@H](O)CO.Cl. The molecule has 106 valence electrons. The second-order valence-electron chi connectivity index (χ2n) is 3.86. The smallest absolute Gasteiger partial charge is 0.111 e. The lowest BCUT2D eigenvalue weighted by atomic mass is 10.0. The Hall–Kier alpha value is 0.0500. The maximum atomic E-state index is 9.47. The van der Waals surface area contributed by atoms with Crippen LogP contribution in [0, 0.1) is 0 Å². The van der Waals surface area contributed by atoms with Gasteiger partial charge in [0.05, 0.1) is 12.7 Å². The first-order valence-electron chi connectivity index (χ1n) is 5.58. The maximum absolute atomic E-state index is 9.47. The summed E-state index contributed by atoms with van der Waals surface area (Å²) in [6.45, 7) is 2.23. The normalized spacial score (nSPS) is 18.0. The predicted octanol–water partition coefficient (Wildman–Crippen LogP) is -1.77. The molecule has 0 aliphatic heterocycles. The number of unbranched alkanes of at least 4 members (excludes halogenated alkanes) is 1. The summed E-state index contributed by atoms with van der Waals surface area (Å²) in [5, 5.41) is 48.8. The summed E-state index contributed by atoms with van der Waals surface area (Å²) in [7, 11) is 0. The summed E-state index contributed by atoms with van der Waals surface area (Å²) in [6.07, 6.45) is -3.65. The first-order chi connectivity index (χ1) is 7.54. The zero-order chi connectivity index (χ0) is 12.6. The van der Waals surface area contributed by atoms with E-state index in [1.165, 1.54) is 0 Å². The van der Waals surface area contributed by atoms with E-state index >= 15 is 0 Å². The molecule has 0 aliphatic rings. The van der Waals surface area contributed by atoms with Crippen molar-refractivity contribution in [3.8, 4) is 0 Å². The number of rotatable bonds is 9. The molecule has 0 aromatic carbocycles. The van der Waals surface area contributed by atoms with Crippen LogP contribution in [-0.2, 0) is 0 Å². The van der Waals surface area contributed by atoms with Crippen molar-refractivity contribution in [2.24, 2.45) is 0 Å². The van der Waals surface area contributed by atoms with Gasteiger partial charge in [-0.05, 0) is 13.0 Å². The van der Waals surface area contributed by atoms with Crippen molar-refractivity contribution in [3.63, 3.8) is 0 Å². The monoisotopic (exact) mass is 273 g/mol. The fourth-order valence-electron chi connectivity index (χ4n) is 1.24. The van der Waals surface area contributed by atoms with Gasteiger partial charge in [-0.2, -0.15) is 0 Å². The highest BCUT2D eigenvalue weighted by Gasteiger charge is 2.29. The zero-order valence-corrected chi connectivity index (χ0v) is 10.8. The van der Waals surface area contributed by atoms with Gasteiger partial charge in [0.25, 0.3) is 0 Å². The molecule has 0 fully saturated rings. The van der Waals surface area contributed by atoms with Crippen molar-refractivity contribution in [1.82, 2.24) is 5.32 Å². The Bertz CT molecular complexity index is 175. The molecule has 4 atom stereocenters. The van der Waals surface area contributed by atoms with Crippen LogP contribution in [0.1, 0.15) is 19.8 Å². The molecule has 0 saturated carbocycles. The van der Waals surface area contributed by atoms with Gasteiger partial charge in [0.15, 0.2) is 0 Å². The minimum absolute atomic E-state index is 0. The molecule has 0 unspecified atom stereocenters. The largest absolute Gasteiger partial charge is 0.394 e. The van der Waals surface area contributed by atoms with E-state index in [9.17, 15) is 15.3 Å². The third-order valence-corrected chi connectivity index (χ3v) is 2.39. The maximum Gasteiger partial charge on any atom is 0.111 e. The van der Waals surface area contributed by atoms with E-state index in [0.29, 0.717) is 0 Å². The Labute approximate surface area is 108 Å². The van der Waals surface area contributed by atoms with Gasteiger partial charge in [0, 0.05) is 6.54 Å². The highest BCUT2D eigenvalue weighted by atomic mass is 35.5. The van der Waals surface area contributed by atoms with Crippen molar-refractivity contribution in [3.05, 3.63) is 0 Å². The van der Waals surface area contributed by atoms with Gasteiger partial charge in [0.2, 0.25) is 0 Å². The van der Waals surface area contributed by atoms with Crippen LogP contribution in [0.15, 0.2) is 0 Å². The van der Waals surface area contributed by atoms with Crippen molar-refractivity contribution in [2.75, 3.05) is 19.7 Å². The lowest BCUT2D eigenvalue weighted by molar-refractivity contribution is -0.113. The summed E-state index contributed by atoms with van der Waals surface area (Å²) >= 11 is 0. The Morgan fingerprint density at radius 2 is 1.53 bits per heavy atom. The van der Waals surface area contributed by atoms with E-state index in [1.807, 2.05) is 6.92 Å². The topological polar surface area (TPSA) is 113 Å². The summed E-state index contributed by atoms with van der Waals surface area (Å²) < 4.78 is 0. The van der Waals surface area contributed by atoms with E-state index in [-0.39, 0.29) is 19.0 Å². The first kappa shape index (κ1) is 19.4. The molecule has 17 heavy (non-hydrogen) atoms. The van der Waals surface area contributed by atoms with Gasteiger partial charge in [-0.1, -0.05) is 13.3 Å². The minimum Gasteiger partial charge on any atom is -0.394 e. The molecule has 0 aromatic heterocycles. The third-order valence-electron chi connectivity index (χ3n) is 2.39. The molecule has 6 nitrogen and oxygen atoms in total. The van der Waals surface area contributed by atoms with E-state index in [2.05, 4.69) is 5.32 Å². The van der Waals surface area contributed by atoms with E-state index in [0.717, 1.165) is 19.4 Å². The van der Waals surface area contributed by atoms with Crippen molar-refractivity contribution < 1.29 is 25.5 Å². The molecule has 6 N–H and O–H groups in total. The van der Waals surface area contributed by atoms with Gasteiger partial charge in [-0.25, -0.2) is 0 Å². The summed E-state index contributed by atoms with van der Waals surface area (Å²) in [5.74, 6) is 0. The summed E-state index contributed by atoms with van der Waals surface area (Å²) in [6, 6.07) is 0. The number of aliphatic hydroxyl groups excluding tert-OH is 5. The van der Waals surface area contributed by atoms with Crippen molar-refractivity contribution in [2.45, 2.75) is 44.2 Å². The van der Waals surface area contributed by atoms with Crippen LogP contribution >= 0.6 is 12.4 Å². The van der Waals surface area contributed by atoms with Crippen LogP contribution in [0.4, 0.5) is 0 Å². The van der Waals surface area contributed by atoms with Crippen LogP contribution in [0.5, 0.6) is 0 Å². The molecule has 0 radical (unpaired) electrons. The third kappa shape index (κ3) is 7.88. The molecular formula is C10H24ClNO5. The molecular weight excluding hydrogens is 250 g/mol. The van der Waals surface area contributed by atoms with Gasteiger partial charge in [-0.3, -0.25) is 0 Å². The number of hydrogen-bond donors (Lipinski definition) is 6. The first-order valence-corrected chi connectivity index (χ1v) is 5.58. The fraction of sp³-hybridized carbons (Fsp3) is 1.00. The van der Waals surface area contributed by atoms with Gasteiger partial charge in [-0.15, -0.1) is 12.4 Å². The quantitative estimate of drug-likeness (QED) is 0.277. The summed E-state index contributed by atoms with van der Waals surface area (Å²) in [5.41, 5.74) is 0. The lowest BCUT2D eigenvalue weighted by Crippen LogP contribution is -2.49. The Morgan fingerprint density at radius 1 is 1.00 bits per heavy atom. The minimum atomic E-state index is -1.55. The number of hydrogen-bond acceptors (Lipinski definition) is 6. The van der Waals surface area contributed by atoms with Crippen molar-refractivity contribution >= 4 is 12.4 Å². The molecule has 7 heteroatoms. The molecule has 0 amide bonds. The highest BCUT2D eigenvalue weighted by molar-refractivity contribution is 5.85. The average Bonchev–Trinajstić information content (AvgIpc) is 2.31. The van der Waals surface area contributed by atoms with Crippen LogP contribution in [0.3, 0.4) is 0 Å².